The summed E-state index contributed by atoms with van der Waals surface area (Å²) in [6.45, 7) is 10.1. The van der Waals surface area contributed by atoms with Gasteiger partial charge in [-0.25, -0.2) is 0 Å². The normalized spacial score (nSPS) is 12.7. The summed E-state index contributed by atoms with van der Waals surface area (Å²) < 4.78 is 5.82. The molecule has 0 radical (unpaired) electrons. The van der Waals surface area contributed by atoms with Gasteiger partial charge in [0.1, 0.15) is 11.8 Å². The van der Waals surface area contributed by atoms with E-state index in [-0.39, 0.29) is 24.5 Å². The largest absolute Gasteiger partial charge is 0.483 e. The maximum atomic E-state index is 13.1. The van der Waals surface area contributed by atoms with E-state index in [0.29, 0.717) is 18.7 Å². The van der Waals surface area contributed by atoms with Crippen molar-refractivity contribution in [1.29, 1.82) is 0 Å². The van der Waals surface area contributed by atoms with Gasteiger partial charge < -0.3 is 15.0 Å². The molecular formula is C25H34N2O3. The molecule has 1 N–H and O–H groups in total. The number of benzene rings is 2. The zero-order chi connectivity index (χ0) is 22.1. The maximum Gasteiger partial charge on any atom is 0.261 e. The van der Waals surface area contributed by atoms with E-state index in [4.69, 9.17) is 4.74 Å². The van der Waals surface area contributed by atoms with Crippen molar-refractivity contribution in [3.8, 4) is 5.75 Å². The van der Waals surface area contributed by atoms with E-state index in [1.165, 1.54) is 0 Å². The van der Waals surface area contributed by atoms with E-state index in [9.17, 15) is 9.59 Å². The van der Waals surface area contributed by atoms with Crippen LogP contribution in [0.25, 0.3) is 0 Å². The van der Waals surface area contributed by atoms with Gasteiger partial charge in [-0.05, 0) is 63.3 Å². The first-order chi connectivity index (χ1) is 14.3. The van der Waals surface area contributed by atoms with Gasteiger partial charge in [0, 0.05) is 12.6 Å². The van der Waals surface area contributed by atoms with Crippen molar-refractivity contribution < 1.29 is 14.3 Å². The molecule has 0 aliphatic heterocycles. The molecule has 0 saturated carbocycles. The number of hydrogen-bond acceptors (Lipinski definition) is 3. The predicted octanol–water partition coefficient (Wildman–Crippen LogP) is 4.06. The number of hydrogen-bond donors (Lipinski definition) is 1. The van der Waals surface area contributed by atoms with Crippen LogP contribution in [0, 0.1) is 13.8 Å². The Morgan fingerprint density at radius 3 is 2.43 bits per heavy atom. The molecule has 30 heavy (non-hydrogen) atoms. The second-order valence-corrected chi connectivity index (χ2v) is 7.87. The minimum absolute atomic E-state index is 0.0669. The van der Waals surface area contributed by atoms with Crippen molar-refractivity contribution in [1.82, 2.24) is 10.2 Å². The van der Waals surface area contributed by atoms with Crippen LogP contribution < -0.4 is 10.1 Å². The van der Waals surface area contributed by atoms with E-state index in [2.05, 4.69) is 5.32 Å². The second kappa shape index (κ2) is 11.4. The van der Waals surface area contributed by atoms with Crippen LogP contribution in [0.5, 0.6) is 5.75 Å². The molecule has 162 valence electrons. The highest BCUT2D eigenvalue weighted by Crippen LogP contribution is 2.19. The standard InChI is InChI=1S/C25H34N2O3/c1-6-20(4)26-25(29)21(5)27(15-14-22-10-8-7-9-11-22)24(28)17-30-23-16-18(2)12-13-19(23)3/h7-13,16,20-21H,6,14-15,17H2,1-5H3,(H,26,29)/t20-,21-/m1/s1. The van der Waals surface area contributed by atoms with Gasteiger partial charge in [0.15, 0.2) is 6.61 Å². The molecule has 0 bridgehead atoms. The Hall–Kier alpha value is -2.82. The van der Waals surface area contributed by atoms with Crippen molar-refractivity contribution in [3.05, 3.63) is 65.2 Å². The Balaban J connectivity index is 2.10. The first-order valence-electron chi connectivity index (χ1n) is 10.7. The van der Waals surface area contributed by atoms with Crippen LogP contribution in [-0.2, 0) is 16.0 Å². The van der Waals surface area contributed by atoms with Crippen molar-refractivity contribution >= 4 is 11.8 Å². The summed E-state index contributed by atoms with van der Waals surface area (Å²) in [6, 6.07) is 15.4. The Morgan fingerprint density at radius 1 is 1.07 bits per heavy atom. The van der Waals surface area contributed by atoms with Crippen molar-refractivity contribution in [2.45, 2.75) is 59.5 Å². The molecule has 2 aromatic rings. The number of carbonyl (C=O) groups excluding carboxylic acids is 2. The molecule has 2 aromatic carbocycles. The molecule has 2 atom stereocenters. The van der Waals surface area contributed by atoms with Gasteiger partial charge >= 0.3 is 0 Å². The quantitative estimate of drug-likeness (QED) is 0.643. The van der Waals surface area contributed by atoms with Crippen LogP contribution in [0.2, 0.25) is 0 Å². The van der Waals surface area contributed by atoms with Crippen LogP contribution >= 0.6 is 0 Å². The summed E-state index contributed by atoms with van der Waals surface area (Å²) in [5.74, 6) is 0.360. The number of nitrogens with zero attached hydrogens (tertiary/aromatic N) is 1. The average Bonchev–Trinajstić information content (AvgIpc) is 2.74. The Morgan fingerprint density at radius 2 is 1.77 bits per heavy atom. The number of carbonyl (C=O) groups is 2. The molecule has 0 aliphatic rings. The number of rotatable bonds is 10. The maximum absolute atomic E-state index is 13.1. The molecule has 5 nitrogen and oxygen atoms in total. The number of aryl methyl sites for hydroxylation is 2. The van der Waals surface area contributed by atoms with Crippen molar-refractivity contribution in [3.63, 3.8) is 0 Å². The minimum Gasteiger partial charge on any atom is -0.483 e. The van der Waals surface area contributed by atoms with E-state index in [1.54, 1.807) is 11.8 Å². The van der Waals surface area contributed by atoms with E-state index in [1.807, 2.05) is 76.2 Å². The van der Waals surface area contributed by atoms with Gasteiger partial charge in [-0.15, -0.1) is 0 Å². The summed E-state index contributed by atoms with van der Waals surface area (Å²) in [5.41, 5.74) is 3.18. The Labute approximate surface area is 180 Å². The van der Waals surface area contributed by atoms with Crippen LogP contribution in [0.15, 0.2) is 48.5 Å². The minimum atomic E-state index is -0.572. The molecule has 2 amide bonds. The molecule has 0 fully saturated rings. The van der Waals surface area contributed by atoms with Crippen LogP contribution in [0.1, 0.15) is 43.9 Å². The van der Waals surface area contributed by atoms with Crippen molar-refractivity contribution in [2.24, 2.45) is 0 Å². The molecular weight excluding hydrogens is 376 g/mol. The second-order valence-electron chi connectivity index (χ2n) is 7.87. The highest BCUT2D eigenvalue weighted by molar-refractivity contribution is 5.88. The van der Waals surface area contributed by atoms with E-state index in [0.717, 1.165) is 23.1 Å². The molecule has 0 saturated heterocycles. The van der Waals surface area contributed by atoms with Gasteiger partial charge in [-0.1, -0.05) is 49.4 Å². The highest BCUT2D eigenvalue weighted by Gasteiger charge is 2.26. The fraction of sp³-hybridized carbons (Fsp3) is 0.440. The predicted molar refractivity (Wildman–Crippen MR) is 121 cm³/mol. The van der Waals surface area contributed by atoms with Crippen LogP contribution in [0.3, 0.4) is 0 Å². The Bertz CT molecular complexity index is 836. The third kappa shape index (κ3) is 6.90. The van der Waals surface area contributed by atoms with Crippen molar-refractivity contribution in [2.75, 3.05) is 13.2 Å². The summed E-state index contributed by atoms with van der Waals surface area (Å²) in [7, 11) is 0. The molecule has 0 heterocycles. The lowest BCUT2D eigenvalue weighted by molar-refractivity contribution is -0.141. The van der Waals surface area contributed by atoms with Crippen LogP contribution in [-0.4, -0.2) is 41.9 Å². The summed E-state index contributed by atoms with van der Waals surface area (Å²) >= 11 is 0. The lowest BCUT2D eigenvalue weighted by Crippen LogP contribution is -2.51. The van der Waals surface area contributed by atoms with Crippen LogP contribution in [0.4, 0.5) is 0 Å². The molecule has 0 unspecified atom stereocenters. The number of nitrogens with one attached hydrogen (secondary N) is 1. The first-order valence-corrected chi connectivity index (χ1v) is 10.7. The van der Waals surface area contributed by atoms with Gasteiger partial charge in [-0.2, -0.15) is 0 Å². The monoisotopic (exact) mass is 410 g/mol. The molecule has 0 aromatic heterocycles. The number of amides is 2. The third-order valence-corrected chi connectivity index (χ3v) is 5.35. The zero-order valence-corrected chi connectivity index (χ0v) is 18.8. The smallest absolute Gasteiger partial charge is 0.261 e. The van der Waals surface area contributed by atoms with Gasteiger partial charge in [0.2, 0.25) is 5.91 Å². The van der Waals surface area contributed by atoms with Gasteiger partial charge in [0.05, 0.1) is 0 Å². The highest BCUT2D eigenvalue weighted by atomic mass is 16.5. The van der Waals surface area contributed by atoms with Gasteiger partial charge in [0.25, 0.3) is 5.91 Å². The Kier molecular flexibility index (Phi) is 8.90. The lowest BCUT2D eigenvalue weighted by atomic mass is 10.1. The topological polar surface area (TPSA) is 58.6 Å². The van der Waals surface area contributed by atoms with E-state index >= 15 is 0 Å². The average molecular weight is 411 g/mol. The summed E-state index contributed by atoms with van der Waals surface area (Å²) in [4.78, 5) is 27.4. The summed E-state index contributed by atoms with van der Waals surface area (Å²) in [6.07, 6.45) is 1.52. The molecule has 2 rings (SSSR count). The molecule has 0 spiro atoms. The molecule has 5 heteroatoms. The fourth-order valence-corrected chi connectivity index (χ4v) is 3.12. The number of ether oxygens (including phenoxy) is 1. The summed E-state index contributed by atoms with van der Waals surface area (Å²) in [5, 5.41) is 2.98. The molecule has 0 aliphatic carbocycles. The van der Waals surface area contributed by atoms with E-state index < -0.39 is 6.04 Å². The first kappa shape index (κ1) is 23.5. The lowest BCUT2D eigenvalue weighted by Gasteiger charge is -2.29. The SMILES string of the molecule is CC[C@@H](C)NC(=O)[C@@H](C)N(CCc1ccccc1)C(=O)COc1cc(C)ccc1C. The zero-order valence-electron chi connectivity index (χ0n) is 18.8. The third-order valence-electron chi connectivity index (χ3n) is 5.35. The fourth-order valence-electron chi connectivity index (χ4n) is 3.12. The van der Waals surface area contributed by atoms with Gasteiger partial charge in [-0.3, -0.25) is 9.59 Å².